The van der Waals surface area contributed by atoms with Crippen LogP contribution in [0.3, 0.4) is 0 Å². The van der Waals surface area contributed by atoms with E-state index in [0.717, 1.165) is 40.1 Å². The third-order valence-electron chi connectivity index (χ3n) is 8.41. The van der Waals surface area contributed by atoms with E-state index >= 15 is 0 Å². The number of esters is 1. The lowest BCUT2D eigenvalue weighted by Crippen LogP contribution is -2.39. The molecular formula is C39H40N6O3. The van der Waals surface area contributed by atoms with Gasteiger partial charge in [-0.1, -0.05) is 122 Å². The normalized spacial score (nSPS) is 11.9. The summed E-state index contributed by atoms with van der Waals surface area (Å²) in [5.41, 5.74) is 3.19. The van der Waals surface area contributed by atoms with Gasteiger partial charge in [-0.3, -0.25) is 0 Å². The summed E-state index contributed by atoms with van der Waals surface area (Å²) in [5.74, 6) is 0.714. The minimum absolute atomic E-state index is 0.223. The fourth-order valence-corrected chi connectivity index (χ4v) is 6.22. The van der Waals surface area contributed by atoms with Crippen LogP contribution in [0.5, 0.6) is 0 Å². The van der Waals surface area contributed by atoms with Gasteiger partial charge in [-0.05, 0) is 54.7 Å². The second-order valence-corrected chi connectivity index (χ2v) is 12.2. The molecule has 0 bridgehead atoms. The molecule has 0 saturated carbocycles. The van der Waals surface area contributed by atoms with Crippen LogP contribution in [0, 0.1) is 0 Å². The van der Waals surface area contributed by atoms with Gasteiger partial charge in [0.25, 0.3) is 0 Å². The molecule has 0 aliphatic heterocycles. The first-order valence-corrected chi connectivity index (χ1v) is 16.3. The number of tetrazole rings is 1. The molecule has 2 heterocycles. The molecule has 9 nitrogen and oxygen atoms in total. The van der Waals surface area contributed by atoms with E-state index in [2.05, 4.69) is 53.6 Å². The van der Waals surface area contributed by atoms with Crippen LogP contribution in [0.25, 0.3) is 11.4 Å². The highest BCUT2D eigenvalue weighted by molar-refractivity contribution is 5.89. The van der Waals surface area contributed by atoms with E-state index in [1.165, 1.54) is 0 Å². The van der Waals surface area contributed by atoms with Gasteiger partial charge in [-0.2, -0.15) is 0 Å². The van der Waals surface area contributed by atoms with Crippen LogP contribution in [0.2, 0.25) is 0 Å². The molecule has 6 rings (SSSR count). The van der Waals surface area contributed by atoms with Crippen LogP contribution in [0.4, 0.5) is 0 Å². The van der Waals surface area contributed by atoms with Gasteiger partial charge in [-0.25, -0.2) is 9.78 Å². The van der Waals surface area contributed by atoms with E-state index in [9.17, 15) is 9.90 Å². The Morgan fingerprint density at radius 2 is 1.33 bits per heavy atom. The fraction of sp³-hybridized carbons (Fsp3) is 0.256. The average Bonchev–Trinajstić information content (AvgIpc) is 3.74. The van der Waals surface area contributed by atoms with Crippen molar-refractivity contribution in [3.63, 3.8) is 0 Å². The molecule has 0 saturated heterocycles. The molecule has 4 aromatic carbocycles. The number of aliphatic hydroxyl groups is 1. The number of carbonyl (C=O) groups excluding carboxylic acids is 1. The lowest BCUT2D eigenvalue weighted by molar-refractivity contribution is 0.0469. The Balaban J connectivity index is 1.40. The van der Waals surface area contributed by atoms with Crippen molar-refractivity contribution in [3.05, 3.63) is 155 Å². The maximum absolute atomic E-state index is 13.2. The molecule has 1 N–H and O–H groups in total. The van der Waals surface area contributed by atoms with E-state index in [4.69, 9.17) is 14.8 Å². The zero-order valence-corrected chi connectivity index (χ0v) is 27.7. The zero-order valence-electron chi connectivity index (χ0n) is 27.7. The van der Waals surface area contributed by atoms with Crippen LogP contribution in [0.15, 0.2) is 115 Å². The summed E-state index contributed by atoms with van der Waals surface area (Å²) in [6.45, 7) is 7.70. The SMILES string of the molecule is CCCc1nc(C(C)(C)O)c(C(=O)OCC)n1Cc1ccc(-c2nnn(C(c3ccccc3)(c3ccccc3)c3ccccc3)n2)cc1. The summed E-state index contributed by atoms with van der Waals surface area (Å²) in [4.78, 5) is 19.6. The maximum atomic E-state index is 13.2. The van der Waals surface area contributed by atoms with Gasteiger partial charge >= 0.3 is 5.97 Å². The average molecular weight is 641 g/mol. The highest BCUT2D eigenvalue weighted by atomic mass is 16.5. The number of imidazole rings is 1. The first-order chi connectivity index (χ1) is 23.3. The number of aryl methyl sites for hydroxylation is 1. The van der Waals surface area contributed by atoms with E-state index in [1.807, 2.05) is 83.4 Å². The van der Waals surface area contributed by atoms with Crippen LogP contribution in [-0.2, 0) is 28.8 Å². The Bertz CT molecular complexity index is 1870. The summed E-state index contributed by atoms with van der Waals surface area (Å²) in [6, 6.07) is 38.6. The van der Waals surface area contributed by atoms with Crippen molar-refractivity contribution in [2.75, 3.05) is 6.61 Å². The highest BCUT2D eigenvalue weighted by Gasteiger charge is 2.41. The van der Waals surface area contributed by atoms with Gasteiger partial charge in [0.15, 0.2) is 11.2 Å². The second kappa shape index (κ2) is 13.8. The van der Waals surface area contributed by atoms with Crippen LogP contribution < -0.4 is 0 Å². The Kier molecular flexibility index (Phi) is 9.32. The first-order valence-electron chi connectivity index (χ1n) is 16.3. The van der Waals surface area contributed by atoms with Crippen molar-refractivity contribution in [3.8, 4) is 11.4 Å². The van der Waals surface area contributed by atoms with Crippen molar-refractivity contribution in [1.82, 2.24) is 29.8 Å². The largest absolute Gasteiger partial charge is 0.461 e. The molecule has 6 aromatic rings. The van der Waals surface area contributed by atoms with E-state index in [0.29, 0.717) is 24.5 Å². The summed E-state index contributed by atoms with van der Waals surface area (Å²) < 4.78 is 7.27. The van der Waals surface area contributed by atoms with Crippen LogP contribution in [-0.4, -0.2) is 47.4 Å². The molecule has 0 atom stereocenters. The van der Waals surface area contributed by atoms with Gasteiger partial charge in [0.1, 0.15) is 17.1 Å². The van der Waals surface area contributed by atoms with Crippen LogP contribution in [0.1, 0.15) is 78.4 Å². The molecule has 0 fully saturated rings. The minimum Gasteiger partial charge on any atom is -0.461 e. The number of nitrogens with zero attached hydrogens (tertiary/aromatic N) is 6. The molecule has 0 aliphatic carbocycles. The topological polar surface area (TPSA) is 108 Å². The molecular weight excluding hydrogens is 600 g/mol. The van der Waals surface area contributed by atoms with E-state index in [1.54, 1.807) is 25.6 Å². The second-order valence-electron chi connectivity index (χ2n) is 12.2. The van der Waals surface area contributed by atoms with Crippen LogP contribution >= 0.6 is 0 Å². The third-order valence-corrected chi connectivity index (χ3v) is 8.41. The molecule has 2 aromatic heterocycles. The van der Waals surface area contributed by atoms with Crippen molar-refractivity contribution in [1.29, 1.82) is 0 Å². The summed E-state index contributed by atoms with van der Waals surface area (Å²) in [5, 5.41) is 25.1. The quantitative estimate of drug-likeness (QED) is 0.116. The molecule has 9 heteroatoms. The Morgan fingerprint density at radius 1 is 0.792 bits per heavy atom. The minimum atomic E-state index is -1.31. The number of hydrogen-bond donors (Lipinski definition) is 1. The van der Waals surface area contributed by atoms with Gasteiger partial charge < -0.3 is 14.4 Å². The van der Waals surface area contributed by atoms with Gasteiger partial charge in [0.2, 0.25) is 5.82 Å². The molecule has 0 amide bonds. The lowest BCUT2D eigenvalue weighted by Gasteiger charge is -2.34. The fourth-order valence-electron chi connectivity index (χ4n) is 6.22. The standard InChI is InChI=1S/C39H40N6O3/c1-5-16-33-40-35(38(3,4)47)34(37(46)48-6-2)44(33)27-28-23-25-29(26-24-28)36-41-43-45(42-36)39(30-17-10-7-11-18-30,31-19-12-8-13-20-31)32-21-14-9-15-22-32/h7-15,17-26,47H,5-6,16,27H2,1-4H3. The first kappa shape index (κ1) is 32.5. The smallest absolute Gasteiger partial charge is 0.357 e. The van der Waals surface area contributed by atoms with Gasteiger partial charge in [0.05, 0.1) is 6.61 Å². The van der Waals surface area contributed by atoms with E-state index < -0.39 is 17.1 Å². The Labute approximate surface area is 280 Å². The Morgan fingerprint density at radius 3 is 1.81 bits per heavy atom. The number of ether oxygens (including phenoxy) is 1. The highest BCUT2D eigenvalue weighted by Crippen LogP contribution is 2.40. The number of rotatable bonds is 12. The lowest BCUT2D eigenvalue weighted by atomic mass is 9.77. The number of hydrogen-bond acceptors (Lipinski definition) is 7. The molecule has 244 valence electrons. The van der Waals surface area contributed by atoms with Gasteiger partial charge in [0, 0.05) is 18.5 Å². The van der Waals surface area contributed by atoms with Crippen molar-refractivity contribution >= 4 is 5.97 Å². The zero-order chi connectivity index (χ0) is 33.7. The predicted molar refractivity (Wildman–Crippen MR) is 184 cm³/mol. The van der Waals surface area contributed by atoms with Crippen molar-refractivity contribution in [2.24, 2.45) is 0 Å². The monoisotopic (exact) mass is 640 g/mol. The summed E-state index contributed by atoms with van der Waals surface area (Å²) in [6.07, 6.45) is 1.49. The molecule has 0 unspecified atom stereocenters. The third kappa shape index (κ3) is 6.16. The summed E-state index contributed by atoms with van der Waals surface area (Å²) in [7, 11) is 0. The number of benzene rings is 4. The Hall–Kier alpha value is -5.41. The number of carbonyl (C=O) groups is 1. The number of aromatic nitrogens is 6. The van der Waals surface area contributed by atoms with E-state index in [-0.39, 0.29) is 12.3 Å². The molecule has 0 spiro atoms. The molecule has 48 heavy (non-hydrogen) atoms. The van der Waals surface area contributed by atoms with Crippen molar-refractivity contribution < 1.29 is 14.6 Å². The molecule has 0 radical (unpaired) electrons. The van der Waals surface area contributed by atoms with Crippen molar-refractivity contribution in [2.45, 2.75) is 58.2 Å². The molecule has 0 aliphatic rings. The maximum Gasteiger partial charge on any atom is 0.357 e. The predicted octanol–water partition coefficient (Wildman–Crippen LogP) is 6.78. The summed E-state index contributed by atoms with van der Waals surface area (Å²) >= 11 is 0. The van der Waals surface area contributed by atoms with Gasteiger partial charge in [-0.15, -0.1) is 15.0 Å².